The fourth-order valence-corrected chi connectivity index (χ4v) is 2.74. The summed E-state index contributed by atoms with van der Waals surface area (Å²) in [5.74, 6) is 0.899. The molecule has 0 aromatic heterocycles. The van der Waals surface area contributed by atoms with Crippen LogP contribution in [-0.4, -0.2) is 50.9 Å². The molecular formula is C17H28N2O2. The molecule has 4 heteroatoms. The van der Waals surface area contributed by atoms with Crippen LogP contribution in [0.3, 0.4) is 0 Å². The number of hydrogen-bond acceptors (Lipinski definition) is 4. The van der Waals surface area contributed by atoms with Gasteiger partial charge in [0.2, 0.25) is 0 Å². The third-order valence-electron chi connectivity index (χ3n) is 4.05. The first-order valence-corrected chi connectivity index (χ1v) is 8.02. The summed E-state index contributed by atoms with van der Waals surface area (Å²) in [6.45, 7) is 7.07. The highest BCUT2D eigenvalue weighted by molar-refractivity contribution is 5.47. The number of nitrogens with zero attached hydrogens (tertiary/aromatic N) is 1. The number of ether oxygens (including phenoxy) is 2. The van der Waals surface area contributed by atoms with Gasteiger partial charge in [-0.3, -0.25) is 0 Å². The van der Waals surface area contributed by atoms with Crippen molar-refractivity contribution in [2.24, 2.45) is 0 Å². The van der Waals surface area contributed by atoms with Gasteiger partial charge >= 0.3 is 0 Å². The van der Waals surface area contributed by atoms with Gasteiger partial charge in [0, 0.05) is 25.4 Å². The molecule has 4 nitrogen and oxygen atoms in total. The largest absolute Gasteiger partial charge is 0.491 e. The van der Waals surface area contributed by atoms with Gasteiger partial charge < -0.3 is 19.7 Å². The fourth-order valence-electron chi connectivity index (χ4n) is 2.74. The van der Waals surface area contributed by atoms with Crippen molar-refractivity contribution in [2.45, 2.75) is 32.2 Å². The molecule has 1 saturated heterocycles. The van der Waals surface area contributed by atoms with E-state index < -0.39 is 0 Å². The van der Waals surface area contributed by atoms with Crippen LogP contribution in [0, 0.1) is 0 Å². The van der Waals surface area contributed by atoms with Crippen LogP contribution in [-0.2, 0) is 4.74 Å². The molecule has 1 fully saturated rings. The Morgan fingerprint density at radius 3 is 2.67 bits per heavy atom. The van der Waals surface area contributed by atoms with Gasteiger partial charge in [0.1, 0.15) is 12.4 Å². The van der Waals surface area contributed by atoms with E-state index in [4.69, 9.17) is 9.47 Å². The van der Waals surface area contributed by atoms with Crippen molar-refractivity contribution in [3.05, 3.63) is 24.3 Å². The predicted octanol–water partition coefficient (Wildman–Crippen LogP) is 3.00. The first-order valence-electron chi connectivity index (χ1n) is 8.02. The molecule has 0 spiro atoms. The minimum Gasteiger partial charge on any atom is -0.491 e. The van der Waals surface area contributed by atoms with Crippen LogP contribution in [0.4, 0.5) is 5.69 Å². The summed E-state index contributed by atoms with van der Waals surface area (Å²) < 4.78 is 10.6. The zero-order chi connectivity index (χ0) is 14.9. The quantitative estimate of drug-likeness (QED) is 0.783. The van der Waals surface area contributed by atoms with Crippen molar-refractivity contribution in [1.82, 2.24) is 4.90 Å². The Kier molecular flexibility index (Phi) is 6.83. The standard InChI is InChI=1S/C17H28N2O2/c1-3-19-11-4-5-15(10-12-19)18-16-6-8-17(9-7-16)21-14-13-20-2/h6-9,15,18H,3-5,10-14H2,1-2H3. The van der Waals surface area contributed by atoms with Crippen molar-refractivity contribution in [3.8, 4) is 5.75 Å². The summed E-state index contributed by atoms with van der Waals surface area (Å²) >= 11 is 0. The molecule has 0 bridgehead atoms. The summed E-state index contributed by atoms with van der Waals surface area (Å²) in [6.07, 6.45) is 3.76. The molecule has 0 radical (unpaired) electrons. The number of rotatable bonds is 7. The Morgan fingerprint density at radius 2 is 1.95 bits per heavy atom. The minimum atomic E-state index is 0.585. The maximum atomic E-state index is 5.58. The number of likely N-dealkylation sites (tertiary alicyclic amines) is 1. The molecule has 1 aliphatic heterocycles. The Bertz CT molecular complexity index is 394. The molecule has 1 aromatic carbocycles. The maximum Gasteiger partial charge on any atom is 0.119 e. The van der Waals surface area contributed by atoms with Crippen LogP contribution in [0.25, 0.3) is 0 Å². The zero-order valence-electron chi connectivity index (χ0n) is 13.3. The topological polar surface area (TPSA) is 33.7 Å². The molecule has 1 N–H and O–H groups in total. The van der Waals surface area contributed by atoms with Gasteiger partial charge in [-0.05, 0) is 56.6 Å². The summed E-state index contributed by atoms with van der Waals surface area (Å²) in [5.41, 5.74) is 1.18. The molecule has 0 saturated carbocycles. The van der Waals surface area contributed by atoms with Crippen LogP contribution >= 0.6 is 0 Å². The Balaban J connectivity index is 1.79. The van der Waals surface area contributed by atoms with Gasteiger partial charge in [-0.2, -0.15) is 0 Å². The highest BCUT2D eigenvalue weighted by Crippen LogP contribution is 2.20. The van der Waals surface area contributed by atoms with E-state index in [0.717, 1.165) is 5.75 Å². The Hall–Kier alpha value is -1.26. The van der Waals surface area contributed by atoms with Crippen LogP contribution < -0.4 is 10.1 Å². The second-order valence-corrected chi connectivity index (χ2v) is 5.57. The van der Waals surface area contributed by atoms with Crippen LogP contribution in [0.1, 0.15) is 26.2 Å². The van der Waals surface area contributed by atoms with Gasteiger partial charge in [0.05, 0.1) is 6.61 Å². The molecule has 0 aliphatic carbocycles. The van der Waals surface area contributed by atoms with Crippen molar-refractivity contribution < 1.29 is 9.47 Å². The first-order chi connectivity index (χ1) is 10.3. The summed E-state index contributed by atoms with van der Waals surface area (Å²) in [7, 11) is 1.68. The molecule has 0 amide bonds. The lowest BCUT2D eigenvalue weighted by atomic mass is 10.1. The molecule has 118 valence electrons. The van der Waals surface area contributed by atoms with Crippen molar-refractivity contribution >= 4 is 5.69 Å². The van der Waals surface area contributed by atoms with Crippen molar-refractivity contribution in [2.75, 3.05) is 45.3 Å². The van der Waals surface area contributed by atoms with E-state index in [1.807, 2.05) is 12.1 Å². The van der Waals surface area contributed by atoms with E-state index in [9.17, 15) is 0 Å². The average Bonchev–Trinajstić information content (AvgIpc) is 2.74. The second-order valence-electron chi connectivity index (χ2n) is 5.57. The molecular weight excluding hydrogens is 264 g/mol. The molecule has 1 atom stereocenters. The second kappa shape index (κ2) is 8.90. The van der Waals surface area contributed by atoms with Crippen LogP contribution in [0.2, 0.25) is 0 Å². The van der Waals surface area contributed by atoms with Gasteiger partial charge in [-0.25, -0.2) is 0 Å². The summed E-state index contributed by atoms with van der Waals surface area (Å²) in [6, 6.07) is 8.83. The normalized spacial score (nSPS) is 20.0. The molecule has 1 aromatic rings. The molecule has 1 aliphatic rings. The third-order valence-corrected chi connectivity index (χ3v) is 4.05. The first kappa shape index (κ1) is 16.1. The third kappa shape index (κ3) is 5.56. The predicted molar refractivity (Wildman–Crippen MR) is 87.2 cm³/mol. The van der Waals surface area contributed by atoms with E-state index in [1.54, 1.807) is 7.11 Å². The molecule has 21 heavy (non-hydrogen) atoms. The van der Waals surface area contributed by atoms with Crippen molar-refractivity contribution in [1.29, 1.82) is 0 Å². The van der Waals surface area contributed by atoms with Crippen LogP contribution in [0.15, 0.2) is 24.3 Å². The van der Waals surface area contributed by atoms with Gasteiger partial charge in [-0.15, -0.1) is 0 Å². The van der Waals surface area contributed by atoms with Crippen LogP contribution in [0.5, 0.6) is 5.75 Å². The highest BCUT2D eigenvalue weighted by Gasteiger charge is 2.15. The Labute approximate surface area is 128 Å². The zero-order valence-corrected chi connectivity index (χ0v) is 13.3. The number of methoxy groups -OCH3 is 1. The van der Waals surface area contributed by atoms with E-state index in [0.29, 0.717) is 19.3 Å². The Morgan fingerprint density at radius 1 is 1.14 bits per heavy atom. The SMILES string of the molecule is CCN1CCCC(Nc2ccc(OCCOC)cc2)CC1. The number of anilines is 1. The lowest BCUT2D eigenvalue weighted by Crippen LogP contribution is -2.26. The minimum absolute atomic E-state index is 0.585. The highest BCUT2D eigenvalue weighted by atomic mass is 16.5. The van der Waals surface area contributed by atoms with E-state index in [-0.39, 0.29) is 0 Å². The lowest BCUT2D eigenvalue weighted by Gasteiger charge is -2.19. The molecule has 1 heterocycles. The maximum absolute atomic E-state index is 5.58. The smallest absolute Gasteiger partial charge is 0.119 e. The number of benzene rings is 1. The average molecular weight is 292 g/mol. The van der Waals surface area contributed by atoms with E-state index in [2.05, 4.69) is 29.3 Å². The number of nitrogens with one attached hydrogen (secondary N) is 1. The summed E-state index contributed by atoms with van der Waals surface area (Å²) in [5, 5.41) is 3.65. The van der Waals surface area contributed by atoms with E-state index >= 15 is 0 Å². The van der Waals surface area contributed by atoms with E-state index in [1.165, 1.54) is 44.6 Å². The van der Waals surface area contributed by atoms with Gasteiger partial charge in [0.25, 0.3) is 0 Å². The fraction of sp³-hybridized carbons (Fsp3) is 0.647. The van der Waals surface area contributed by atoms with Gasteiger partial charge in [-0.1, -0.05) is 6.92 Å². The monoisotopic (exact) mass is 292 g/mol. The van der Waals surface area contributed by atoms with Crippen molar-refractivity contribution in [3.63, 3.8) is 0 Å². The number of hydrogen-bond donors (Lipinski definition) is 1. The van der Waals surface area contributed by atoms with Gasteiger partial charge in [0.15, 0.2) is 0 Å². The lowest BCUT2D eigenvalue weighted by molar-refractivity contribution is 0.146. The summed E-state index contributed by atoms with van der Waals surface area (Å²) in [4.78, 5) is 2.54. The molecule has 2 rings (SSSR count). The molecule has 1 unspecified atom stereocenters.